The molecule has 0 N–H and O–H groups in total. The minimum absolute atomic E-state index is 0.988. The van der Waals surface area contributed by atoms with Crippen LogP contribution in [0.25, 0.3) is 22.3 Å². The molecule has 8 bridgehead atoms. The van der Waals surface area contributed by atoms with E-state index in [2.05, 4.69) is 126 Å². The van der Waals surface area contributed by atoms with Crippen molar-refractivity contribution >= 4 is 90.5 Å². The third-order valence-corrected chi connectivity index (χ3v) is 17.7. The number of hydrogen-bond acceptors (Lipinski definition) is 8. The number of allylic oxidation sites excluding steroid dienone is 12. The molecule has 0 saturated heterocycles. The molecule has 0 aromatic carbocycles. The summed E-state index contributed by atoms with van der Waals surface area (Å²) in [6, 6.07) is 0. The fraction of sp³-hybridized carbons (Fsp3) is 0.400. The monoisotopic (exact) mass is 972 g/mol. The molecule has 0 aliphatic carbocycles. The van der Waals surface area contributed by atoms with Crippen molar-refractivity contribution in [1.29, 1.82) is 0 Å². The van der Waals surface area contributed by atoms with Gasteiger partial charge in [-0.2, -0.15) is 0 Å². The first kappa shape index (κ1) is 48.4. The summed E-state index contributed by atoms with van der Waals surface area (Å²) < 4.78 is 0. The zero-order chi connectivity index (χ0) is 47.3. The van der Waals surface area contributed by atoms with Crippen LogP contribution in [0.4, 0.5) is 0 Å². The quantitative estimate of drug-likeness (QED) is 0.0847. The number of hydrogen-bond donors (Lipinski definition) is 0. The Labute approximate surface area is 422 Å². The van der Waals surface area contributed by atoms with Gasteiger partial charge in [-0.1, -0.05) is 107 Å². The number of nitrogens with zero attached hydrogens (tertiary/aromatic N) is 4. The van der Waals surface area contributed by atoms with Crippen LogP contribution >= 0.6 is 45.3 Å². The summed E-state index contributed by atoms with van der Waals surface area (Å²) in [6.45, 7) is 18.4. The van der Waals surface area contributed by atoms with Crippen molar-refractivity contribution in [3.05, 3.63) is 157 Å². The predicted octanol–water partition coefficient (Wildman–Crippen LogP) is 17.6. The largest absolute Gasteiger partial charge is 0.248 e. The Morgan fingerprint density at radius 1 is 0.279 bits per heavy atom. The first-order chi connectivity index (χ1) is 33.4. The van der Waals surface area contributed by atoms with E-state index in [1.807, 2.05) is 45.3 Å². The van der Waals surface area contributed by atoms with Crippen LogP contribution in [0.5, 0.6) is 0 Å². The van der Waals surface area contributed by atoms with E-state index in [0.29, 0.717) is 0 Å². The molecule has 4 aromatic heterocycles. The van der Waals surface area contributed by atoms with E-state index < -0.39 is 0 Å². The Kier molecular flexibility index (Phi) is 15.7. The number of fused-ring (bicyclic) bond motifs is 4. The molecule has 68 heavy (non-hydrogen) atoms. The highest BCUT2D eigenvalue weighted by molar-refractivity contribution is 7.11. The van der Waals surface area contributed by atoms with Crippen molar-refractivity contribution in [2.24, 2.45) is 20.0 Å². The van der Waals surface area contributed by atoms with E-state index >= 15 is 0 Å². The molecule has 0 fully saturated rings. The zero-order valence-electron chi connectivity index (χ0n) is 41.7. The normalized spacial score (nSPS) is 16.5. The topological polar surface area (TPSA) is 49.4 Å². The smallest absolute Gasteiger partial charge is 0.0738 e. The fourth-order valence-electron chi connectivity index (χ4n) is 10.5. The molecule has 0 unspecified atom stereocenters. The van der Waals surface area contributed by atoms with Crippen LogP contribution in [0.3, 0.4) is 0 Å². The summed E-state index contributed by atoms with van der Waals surface area (Å²) in [5.41, 5.74) is 23.4. The van der Waals surface area contributed by atoms with Crippen LogP contribution in [0.15, 0.2) is 113 Å². The van der Waals surface area contributed by atoms with Crippen molar-refractivity contribution < 1.29 is 0 Å². The van der Waals surface area contributed by atoms with Gasteiger partial charge < -0.3 is 0 Å². The Hall–Kier alpha value is -4.60. The van der Waals surface area contributed by atoms with Gasteiger partial charge in [0.25, 0.3) is 0 Å². The van der Waals surface area contributed by atoms with Crippen molar-refractivity contribution in [3.63, 3.8) is 0 Å². The molecule has 4 aromatic rings. The van der Waals surface area contributed by atoms with E-state index in [0.717, 1.165) is 171 Å². The SMILES string of the molecule is CCCc1csc(CCC)c1C1=C2C=CC(=N2)C(c2c(CCC)csc2CCC)=C2C=CC(=N2)C(c2c(CCC)csc2CCC)=C2C=CC(=N2)C(c2c(CCC)csc2CCC)=C2C=CC1=N2. The predicted molar refractivity (Wildman–Crippen MR) is 303 cm³/mol. The first-order valence-electron chi connectivity index (χ1n) is 25.8. The lowest BCUT2D eigenvalue weighted by Gasteiger charge is -2.16. The molecule has 0 saturated carbocycles. The second-order valence-electron chi connectivity index (χ2n) is 18.6. The van der Waals surface area contributed by atoms with Crippen LogP contribution in [-0.4, -0.2) is 22.8 Å². The lowest BCUT2D eigenvalue weighted by atomic mass is 9.92. The summed E-state index contributed by atoms with van der Waals surface area (Å²) in [4.78, 5) is 29.0. The summed E-state index contributed by atoms with van der Waals surface area (Å²) in [5, 5.41) is 9.67. The van der Waals surface area contributed by atoms with Crippen LogP contribution in [-0.2, 0) is 51.4 Å². The number of thiophene rings is 4. The highest BCUT2D eigenvalue weighted by Gasteiger charge is 2.33. The fourth-order valence-corrected chi connectivity index (χ4v) is 15.3. The molecule has 0 spiro atoms. The number of aryl methyl sites for hydroxylation is 8. The molecule has 0 radical (unpaired) electrons. The lowest BCUT2D eigenvalue weighted by molar-refractivity contribution is 0.909. The summed E-state index contributed by atoms with van der Waals surface area (Å²) in [6.07, 6.45) is 35.1. The van der Waals surface area contributed by atoms with E-state index in [-0.39, 0.29) is 0 Å². The van der Waals surface area contributed by atoms with Gasteiger partial charge in [-0.25, -0.2) is 20.0 Å². The highest BCUT2D eigenvalue weighted by atomic mass is 32.1. The van der Waals surface area contributed by atoms with Gasteiger partial charge in [0.05, 0.1) is 45.6 Å². The second-order valence-corrected chi connectivity index (χ2v) is 22.5. The molecule has 352 valence electrons. The first-order valence-corrected chi connectivity index (χ1v) is 29.3. The zero-order valence-corrected chi connectivity index (χ0v) is 44.9. The second kappa shape index (κ2) is 22.0. The standard InChI is InChI=1S/C60H68N4S4/c1-9-17-37-33-65-49(21-13-5)53(37)57-41-25-27-43(61-41)58(54-38(18-10-2)34-66-50(54)22-14-6)45-29-31-47(63-45)60(56-40(20-12-4)36-68-52(56)24-16-8)48-32-30-46(64-48)59(44-28-26-42(57)62-44)55-39(19-11-3)35-67-51(55)23-15-7/h25-36H,9-24H2,1-8H3. The van der Waals surface area contributed by atoms with Gasteiger partial charge in [-0.15, -0.1) is 45.3 Å². The van der Waals surface area contributed by atoms with Crippen LogP contribution in [0.1, 0.15) is 171 Å². The van der Waals surface area contributed by atoms with Gasteiger partial charge in [0.15, 0.2) is 0 Å². The molecule has 8 heteroatoms. The highest BCUT2D eigenvalue weighted by Crippen LogP contribution is 2.45. The summed E-state index contributed by atoms with van der Waals surface area (Å²) in [5.74, 6) is 0. The maximum absolute atomic E-state index is 5.82. The molecular formula is C60H68N4S4. The molecule has 9 heterocycles. The Morgan fingerprint density at radius 2 is 0.485 bits per heavy atom. The number of aliphatic imine (C=N–C) groups is 4. The maximum Gasteiger partial charge on any atom is 0.0738 e. The van der Waals surface area contributed by atoms with Gasteiger partial charge in [0, 0.05) is 64.1 Å². The summed E-state index contributed by atoms with van der Waals surface area (Å²) in [7, 11) is 0. The third kappa shape index (κ3) is 9.28. The molecule has 5 aliphatic rings. The van der Waals surface area contributed by atoms with E-state index in [1.54, 1.807) is 0 Å². The van der Waals surface area contributed by atoms with E-state index in [1.165, 1.54) is 64.0 Å². The average molecular weight is 973 g/mol. The lowest BCUT2D eigenvalue weighted by Crippen LogP contribution is -2.07. The average Bonchev–Trinajstić information content (AvgIpc) is 4.20. The minimum atomic E-state index is 0.988. The third-order valence-electron chi connectivity index (χ3n) is 13.4. The van der Waals surface area contributed by atoms with Crippen LogP contribution in [0.2, 0.25) is 0 Å². The van der Waals surface area contributed by atoms with Gasteiger partial charge in [-0.3, -0.25) is 0 Å². The van der Waals surface area contributed by atoms with Crippen molar-refractivity contribution in [2.75, 3.05) is 0 Å². The molecule has 5 aliphatic heterocycles. The van der Waals surface area contributed by atoms with Crippen molar-refractivity contribution in [3.8, 4) is 0 Å². The van der Waals surface area contributed by atoms with Gasteiger partial charge in [0.2, 0.25) is 0 Å². The number of rotatable bonds is 20. The summed E-state index contributed by atoms with van der Waals surface area (Å²) >= 11 is 7.66. The molecule has 4 nitrogen and oxygen atoms in total. The Morgan fingerprint density at radius 3 is 0.676 bits per heavy atom. The van der Waals surface area contributed by atoms with Gasteiger partial charge in [-0.05, 0) is 144 Å². The minimum Gasteiger partial charge on any atom is -0.248 e. The van der Waals surface area contributed by atoms with Gasteiger partial charge in [0.1, 0.15) is 0 Å². The van der Waals surface area contributed by atoms with Crippen LogP contribution in [0, 0.1) is 0 Å². The molecule has 0 atom stereocenters. The van der Waals surface area contributed by atoms with E-state index in [9.17, 15) is 0 Å². The van der Waals surface area contributed by atoms with E-state index in [4.69, 9.17) is 20.0 Å². The Balaban J connectivity index is 1.43. The van der Waals surface area contributed by atoms with Gasteiger partial charge >= 0.3 is 0 Å². The molecule has 0 amide bonds. The molecule has 9 rings (SSSR count). The van der Waals surface area contributed by atoms with Crippen LogP contribution < -0.4 is 0 Å². The van der Waals surface area contributed by atoms with Crippen molar-refractivity contribution in [1.82, 2.24) is 0 Å². The molecular weight excluding hydrogens is 905 g/mol. The maximum atomic E-state index is 5.82. The Bertz CT molecular complexity index is 2480. The van der Waals surface area contributed by atoms with Crippen molar-refractivity contribution in [2.45, 2.75) is 158 Å².